The molecule has 0 saturated carbocycles. The Morgan fingerprint density at radius 2 is 1.78 bits per heavy atom. The molecule has 7 nitrogen and oxygen atoms in total. The maximum atomic E-state index is 13.0. The van der Waals surface area contributed by atoms with Gasteiger partial charge in [-0.3, -0.25) is 14.5 Å². The van der Waals surface area contributed by atoms with E-state index in [1.54, 1.807) is 18.1 Å². The number of carbonyl (C=O) groups excluding carboxylic acids is 2. The van der Waals surface area contributed by atoms with Crippen LogP contribution in [0.5, 0.6) is 17.2 Å². The number of fused-ring (bicyclic) bond motifs is 1. The van der Waals surface area contributed by atoms with Gasteiger partial charge >= 0.3 is 0 Å². The molecule has 0 spiro atoms. The summed E-state index contributed by atoms with van der Waals surface area (Å²) in [6, 6.07) is 13.2. The highest BCUT2D eigenvalue weighted by atomic mass is 16.6. The summed E-state index contributed by atoms with van der Waals surface area (Å²) in [5.41, 5.74) is 1.65. The lowest BCUT2D eigenvalue weighted by atomic mass is 9.88. The lowest BCUT2D eigenvalue weighted by Gasteiger charge is -2.32. The number of rotatable bonds is 7. The highest BCUT2D eigenvalue weighted by Crippen LogP contribution is 2.32. The van der Waals surface area contributed by atoms with Crippen LogP contribution in [0.25, 0.3) is 0 Å². The van der Waals surface area contributed by atoms with Crippen molar-refractivity contribution in [1.29, 1.82) is 0 Å². The highest BCUT2D eigenvalue weighted by molar-refractivity contribution is 5.98. The molecule has 1 fully saturated rings. The van der Waals surface area contributed by atoms with Gasteiger partial charge in [-0.25, -0.2) is 0 Å². The zero-order chi connectivity index (χ0) is 22.5. The van der Waals surface area contributed by atoms with E-state index in [0.29, 0.717) is 43.4 Å². The number of benzene rings is 2. The summed E-state index contributed by atoms with van der Waals surface area (Å²) in [5, 5.41) is 0. The van der Waals surface area contributed by atoms with Crippen molar-refractivity contribution in [2.45, 2.75) is 19.4 Å². The molecule has 2 aliphatic rings. The van der Waals surface area contributed by atoms with Gasteiger partial charge in [-0.1, -0.05) is 18.2 Å². The third-order valence-electron chi connectivity index (χ3n) is 6.17. The Morgan fingerprint density at radius 3 is 2.53 bits per heavy atom. The zero-order valence-electron chi connectivity index (χ0n) is 18.7. The number of ether oxygens (including phenoxy) is 3. The minimum absolute atomic E-state index is 0.0322. The van der Waals surface area contributed by atoms with Crippen LogP contribution in [-0.4, -0.2) is 68.5 Å². The van der Waals surface area contributed by atoms with Crippen LogP contribution < -0.4 is 14.2 Å². The van der Waals surface area contributed by atoms with Gasteiger partial charge < -0.3 is 19.1 Å². The molecular weight excluding hydrogens is 408 g/mol. The van der Waals surface area contributed by atoms with E-state index in [1.165, 1.54) is 0 Å². The second-order valence-corrected chi connectivity index (χ2v) is 8.33. The summed E-state index contributed by atoms with van der Waals surface area (Å²) in [5.74, 6) is 2.29. The van der Waals surface area contributed by atoms with Gasteiger partial charge in [-0.2, -0.15) is 0 Å². The summed E-state index contributed by atoms with van der Waals surface area (Å²) < 4.78 is 16.5. The summed E-state index contributed by atoms with van der Waals surface area (Å²) >= 11 is 0. The number of likely N-dealkylation sites (tertiary alicyclic amines) is 1. The molecule has 32 heavy (non-hydrogen) atoms. The van der Waals surface area contributed by atoms with E-state index in [2.05, 4.69) is 4.90 Å². The number of ketones is 1. The number of hydrogen-bond acceptors (Lipinski definition) is 6. The molecular formula is C25H30N2O5. The number of likely N-dealkylation sites (N-methyl/N-ethyl adjacent to an activating group) is 1. The van der Waals surface area contributed by atoms with E-state index in [0.717, 1.165) is 37.2 Å². The SMILES string of the molecule is COc1ccccc1CN(C)C(=O)CN1CCC(C(=O)c2ccc3c(c2)OCCO3)CC1. The zero-order valence-corrected chi connectivity index (χ0v) is 18.7. The summed E-state index contributed by atoms with van der Waals surface area (Å²) in [6.45, 7) is 3.36. The van der Waals surface area contributed by atoms with E-state index < -0.39 is 0 Å². The molecule has 2 aromatic rings. The molecule has 1 saturated heterocycles. The highest BCUT2D eigenvalue weighted by Gasteiger charge is 2.28. The molecule has 2 aromatic carbocycles. The van der Waals surface area contributed by atoms with Gasteiger partial charge in [0.2, 0.25) is 5.91 Å². The molecule has 7 heteroatoms. The van der Waals surface area contributed by atoms with Crippen molar-refractivity contribution in [3.8, 4) is 17.2 Å². The predicted molar refractivity (Wildman–Crippen MR) is 120 cm³/mol. The number of para-hydroxylation sites is 1. The van der Waals surface area contributed by atoms with Crippen molar-refractivity contribution in [3.05, 3.63) is 53.6 Å². The second kappa shape index (κ2) is 10.0. The van der Waals surface area contributed by atoms with E-state index in [-0.39, 0.29) is 17.6 Å². The van der Waals surface area contributed by atoms with Crippen molar-refractivity contribution in [2.24, 2.45) is 5.92 Å². The van der Waals surface area contributed by atoms with Crippen LogP contribution in [0.2, 0.25) is 0 Å². The lowest BCUT2D eigenvalue weighted by molar-refractivity contribution is -0.131. The minimum atomic E-state index is -0.0322. The molecule has 0 atom stereocenters. The topological polar surface area (TPSA) is 68.3 Å². The molecule has 1 amide bonds. The third-order valence-corrected chi connectivity index (χ3v) is 6.17. The monoisotopic (exact) mass is 438 g/mol. The third kappa shape index (κ3) is 5.05. The van der Waals surface area contributed by atoms with Crippen molar-refractivity contribution < 1.29 is 23.8 Å². The number of piperidine rings is 1. The number of carbonyl (C=O) groups is 2. The number of nitrogens with zero attached hydrogens (tertiary/aromatic N) is 2. The maximum Gasteiger partial charge on any atom is 0.236 e. The molecule has 2 heterocycles. The first kappa shape index (κ1) is 22.1. The average Bonchev–Trinajstić information content (AvgIpc) is 2.84. The van der Waals surface area contributed by atoms with Crippen LogP contribution in [-0.2, 0) is 11.3 Å². The van der Waals surface area contributed by atoms with Gasteiger partial charge in [0.05, 0.1) is 13.7 Å². The van der Waals surface area contributed by atoms with Crippen molar-refractivity contribution in [1.82, 2.24) is 9.80 Å². The Balaban J connectivity index is 1.28. The molecule has 0 N–H and O–H groups in total. The van der Waals surface area contributed by atoms with Crippen molar-refractivity contribution in [2.75, 3.05) is 47.0 Å². The molecule has 0 unspecified atom stereocenters. The number of amides is 1. The quantitative estimate of drug-likeness (QED) is 0.619. The fourth-order valence-corrected chi connectivity index (χ4v) is 4.27. The van der Waals surface area contributed by atoms with Crippen LogP contribution in [0, 0.1) is 5.92 Å². The van der Waals surface area contributed by atoms with Crippen LogP contribution in [0.3, 0.4) is 0 Å². The number of Topliss-reactive ketones (excluding diaryl/α,β-unsaturated/α-hetero) is 1. The van der Waals surface area contributed by atoms with Gasteiger partial charge in [0.25, 0.3) is 0 Å². The molecule has 0 radical (unpaired) electrons. The lowest BCUT2D eigenvalue weighted by Crippen LogP contribution is -2.43. The van der Waals surface area contributed by atoms with Gasteiger partial charge in [-0.15, -0.1) is 0 Å². The molecule has 2 aliphatic heterocycles. The molecule has 0 aliphatic carbocycles. The van der Waals surface area contributed by atoms with Crippen LogP contribution >= 0.6 is 0 Å². The normalized spacial score (nSPS) is 16.4. The fourth-order valence-electron chi connectivity index (χ4n) is 4.27. The Bertz CT molecular complexity index is 969. The maximum absolute atomic E-state index is 13.0. The molecule has 0 aromatic heterocycles. The first-order valence-corrected chi connectivity index (χ1v) is 11.1. The average molecular weight is 439 g/mol. The van der Waals surface area contributed by atoms with Gasteiger partial charge in [0.15, 0.2) is 17.3 Å². The Kier molecular flexibility index (Phi) is 6.95. The standard InChI is InChI=1S/C25H30N2O5/c1-26(16-20-5-3-4-6-21(20)30-2)24(28)17-27-11-9-18(10-12-27)25(29)19-7-8-22-23(15-19)32-14-13-31-22/h3-8,15,18H,9-14,16-17H2,1-2H3. The predicted octanol–water partition coefficient (Wildman–Crippen LogP) is 3.02. The first-order valence-electron chi connectivity index (χ1n) is 11.1. The Hall–Kier alpha value is -3.06. The number of methoxy groups -OCH3 is 1. The molecule has 4 rings (SSSR count). The summed E-state index contributed by atoms with van der Waals surface area (Å²) in [4.78, 5) is 29.6. The number of hydrogen-bond donors (Lipinski definition) is 0. The fraction of sp³-hybridized carbons (Fsp3) is 0.440. The van der Waals surface area contributed by atoms with Gasteiger partial charge in [0, 0.05) is 30.6 Å². The van der Waals surface area contributed by atoms with Crippen LogP contribution in [0.1, 0.15) is 28.8 Å². The molecule has 0 bridgehead atoms. The van der Waals surface area contributed by atoms with E-state index >= 15 is 0 Å². The van der Waals surface area contributed by atoms with E-state index in [9.17, 15) is 9.59 Å². The van der Waals surface area contributed by atoms with Gasteiger partial charge in [-0.05, 0) is 50.2 Å². The Labute approximate surface area is 188 Å². The second-order valence-electron chi connectivity index (χ2n) is 8.33. The van der Waals surface area contributed by atoms with E-state index in [1.807, 2.05) is 43.4 Å². The first-order chi connectivity index (χ1) is 15.5. The van der Waals surface area contributed by atoms with E-state index in [4.69, 9.17) is 14.2 Å². The van der Waals surface area contributed by atoms with Crippen LogP contribution in [0.15, 0.2) is 42.5 Å². The smallest absolute Gasteiger partial charge is 0.236 e. The molecule has 170 valence electrons. The Morgan fingerprint density at radius 1 is 1.06 bits per heavy atom. The van der Waals surface area contributed by atoms with Gasteiger partial charge in [0.1, 0.15) is 19.0 Å². The largest absolute Gasteiger partial charge is 0.496 e. The van der Waals surface area contributed by atoms with Crippen molar-refractivity contribution in [3.63, 3.8) is 0 Å². The minimum Gasteiger partial charge on any atom is -0.496 e. The summed E-state index contributed by atoms with van der Waals surface area (Å²) in [6.07, 6.45) is 1.49. The van der Waals surface area contributed by atoms with Crippen molar-refractivity contribution >= 4 is 11.7 Å². The van der Waals surface area contributed by atoms with Crippen LogP contribution in [0.4, 0.5) is 0 Å². The summed E-state index contributed by atoms with van der Waals surface area (Å²) in [7, 11) is 3.45.